The fourth-order valence-electron chi connectivity index (χ4n) is 2.85. The van der Waals surface area contributed by atoms with Crippen molar-refractivity contribution < 1.29 is 23.4 Å². The van der Waals surface area contributed by atoms with E-state index in [9.17, 15) is 9.59 Å². The van der Waals surface area contributed by atoms with Crippen molar-refractivity contribution in [2.75, 3.05) is 13.4 Å². The van der Waals surface area contributed by atoms with Gasteiger partial charge < -0.3 is 23.9 Å². The van der Waals surface area contributed by atoms with E-state index in [1.54, 1.807) is 18.2 Å². The first-order valence-electron chi connectivity index (χ1n) is 8.41. The molecule has 0 unspecified atom stereocenters. The van der Waals surface area contributed by atoms with Gasteiger partial charge in [-0.05, 0) is 42.3 Å². The van der Waals surface area contributed by atoms with E-state index in [1.165, 1.54) is 6.07 Å². The van der Waals surface area contributed by atoms with Gasteiger partial charge in [0, 0.05) is 24.1 Å². The van der Waals surface area contributed by atoms with E-state index in [2.05, 4.69) is 5.32 Å². The van der Waals surface area contributed by atoms with E-state index in [0.29, 0.717) is 29.4 Å². The topological polar surface area (TPSA) is 87.0 Å². The third kappa shape index (κ3) is 3.72. The summed E-state index contributed by atoms with van der Waals surface area (Å²) in [6.45, 7) is 2.25. The molecule has 0 saturated carbocycles. The van der Waals surface area contributed by atoms with Crippen LogP contribution in [-0.4, -0.2) is 19.3 Å². The van der Waals surface area contributed by atoms with Gasteiger partial charge in [0.1, 0.15) is 11.3 Å². The molecule has 27 heavy (non-hydrogen) atoms. The van der Waals surface area contributed by atoms with Gasteiger partial charge in [0.15, 0.2) is 18.1 Å². The van der Waals surface area contributed by atoms with Crippen LogP contribution < -0.4 is 25.2 Å². The van der Waals surface area contributed by atoms with Crippen LogP contribution in [0.1, 0.15) is 11.1 Å². The first-order valence-corrected chi connectivity index (χ1v) is 8.41. The summed E-state index contributed by atoms with van der Waals surface area (Å²) in [7, 11) is 0. The molecule has 1 aliphatic rings. The lowest BCUT2D eigenvalue weighted by molar-refractivity contribution is -0.123. The van der Waals surface area contributed by atoms with Gasteiger partial charge >= 0.3 is 5.63 Å². The van der Waals surface area contributed by atoms with E-state index in [0.717, 1.165) is 16.5 Å². The summed E-state index contributed by atoms with van der Waals surface area (Å²) in [5.41, 5.74) is 1.74. The summed E-state index contributed by atoms with van der Waals surface area (Å²) in [4.78, 5) is 23.5. The van der Waals surface area contributed by atoms with E-state index in [1.807, 2.05) is 25.1 Å². The van der Waals surface area contributed by atoms with Crippen molar-refractivity contribution >= 4 is 16.9 Å². The summed E-state index contributed by atoms with van der Waals surface area (Å²) in [5.74, 6) is 1.56. The Hall–Kier alpha value is -3.48. The molecular weight excluding hydrogens is 350 g/mol. The minimum absolute atomic E-state index is 0.147. The molecule has 1 aromatic heterocycles. The van der Waals surface area contributed by atoms with Crippen LogP contribution in [0.5, 0.6) is 17.2 Å². The van der Waals surface area contributed by atoms with Crippen molar-refractivity contribution in [2.45, 2.75) is 13.5 Å². The molecule has 3 aromatic rings. The van der Waals surface area contributed by atoms with Crippen molar-refractivity contribution in [1.29, 1.82) is 0 Å². The number of amides is 1. The molecule has 0 saturated heterocycles. The summed E-state index contributed by atoms with van der Waals surface area (Å²) < 4.78 is 21.2. The zero-order valence-corrected chi connectivity index (χ0v) is 14.6. The van der Waals surface area contributed by atoms with E-state index < -0.39 is 5.63 Å². The molecule has 2 aromatic carbocycles. The molecule has 7 nitrogen and oxygen atoms in total. The molecule has 0 radical (unpaired) electrons. The predicted octanol–water partition coefficient (Wildman–Crippen LogP) is 2.53. The van der Waals surface area contributed by atoms with Gasteiger partial charge in [0.05, 0.1) is 0 Å². The summed E-state index contributed by atoms with van der Waals surface area (Å²) in [6, 6.07) is 12.1. The molecule has 0 atom stereocenters. The highest BCUT2D eigenvalue weighted by atomic mass is 16.7. The maximum atomic E-state index is 12.0. The number of nitrogens with one attached hydrogen (secondary N) is 1. The van der Waals surface area contributed by atoms with Crippen molar-refractivity contribution in [2.24, 2.45) is 0 Å². The standard InChI is InChI=1S/C20H17NO6/c1-12-6-20(23)27-17-8-14(3-4-15(12)17)24-10-19(22)21-9-13-2-5-16-18(7-13)26-11-25-16/h2-8H,9-11H2,1H3,(H,21,22). The Morgan fingerprint density at radius 3 is 2.85 bits per heavy atom. The first kappa shape index (κ1) is 17.0. The van der Waals surface area contributed by atoms with Crippen molar-refractivity contribution in [1.82, 2.24) is 5.32 Å². The summed E-state index contributed by atoms with van der Waals surface area (Å²) >= 11 is 0. The van der Waals surface area contributed by atoms with Crippen LogP contribution in [0, 0.1) is 6.92 Å². The Morgan fingerprint density at radius 2 is 1.96 bits per heavy atom. The molecule has 4 rings (SSSR count). The lowest BCUT2D eigenvalue weighted by Gasteiger charge is -2.09. The molecular formula is C20H17NO6. The maximum absolute atomic E-state index is 12.0. The molecule has 1 aliphatic heterocycles. The predicted molar refractivity (Wildman–Crippen MR) is 97.1 cm³/mol. The van der Waals surface area contributed by atoms with Crippen LogP contribution in [0.4, 0.5) is 0 Å². The van der Waals surface area contributed by atoms with Gasteiger partial charge in [0.25, 0.3) is 5.91 Å². The number of aryl methyl sites for hydroxylation is 1. The molecule has 0 fully saturated rings. The van der Waals surface area contributed by atoms with Gasteiger partial charge in [-0.15, -0.1) is 0 Å². The average Bonchev–Trinajstić information content (AvgIpc) is 3.12. The van der Waals surface area contributed by atoms with E-state index in [-0.39, 0.29) is 19.3 Å². The second-order valence-electron chi connectivity index (χ2n) is 6.16. The second-order valence-corrected chi connectivity index (χ2v) is 6.16. The van der Waals surface area contributed by atoms with Gasteiger partial charge in [-0.2, -0.15) is 0 Å². The largest absolute Gasteiger partial charge is 0.484 e. The number of hydrogen-bond donors (Lipinski definition) is 1. The minimum Gasteiger partial charge on any atom is -0.484 e. The number of hydrogen-bond acceptors (Lipinski definition) is 6. The molecule has 1 N–H and O–H groups in total. The SMILES string of the molecule is Cc1cc(=O)oc2cc(OCC(=O)NCc3ccc4c(c3)OCO4)ccc12. The fourth-order valence-corrected chi connectivity index (χ4v) is 2.85. The Labute approximate surface area is 154 Å². The molecule has 7 heteroatoms. The monoisotopic (exact) mass is 367 g/mol. The third-order valence-corrected chi connectivity index (χ3v) is 4.22. The third-order valence-electron chi connectivity index (χ3n) is 4.22. The zero-order valence-electron chi connectivity index (χ0n) is 14.6. The van der Waals surface area contributed by atoms with Crippen LogP contribution in [-0.2, 0) is 11.3 Å². The highest BCUT2D eigenvalue weighted by Gasteiger charge is 2.13. The van der Waals surface area contributed by atoms with Crippen LogP contribution in [0.2, 0.25) is 0 Å². The number of rotatable bonds is 5. The van der Waals surface area contributed by atoms with Crippen LogP contribution >= 0.6 is 0 Å². The minimum atomic E-state index is -0.418. The Morgan fingerprint density at radius 1 is 1.11 bits per heavy atom. The van der Waals surface area contributed by atoms with Crippen LogP contribution in [0.3, 0.4) is 0 Å². The average molecular weight is 367 g/mol. The Kier molecular flexibility index (Phi) is 4.42. The van der Waals surface area contributed by atoms with Gasteiger partial charge in [-0.1, -0.05) is 6.07 Å². The lowest BCUT2D eigenvalue weighted by atomic mass is 10.1. The first-order chi connectivity index (χ1) is 13.1. The van der Waals surface area contributed by atoms with E-state index >= 15 is 0 Å². The molecule has 0 aliphatic carbocycles. The molecule has 1 amide bonds. The Bertz CT molecular complexity index is 1070. The normalized spacial score (nSPS) is 12.2. The molecule has 2 heterocycles. The van der Waals surface area contributed by atoms with Gasteiger partial charge in [-0.25, -0.2) is 4.79 Å². The number of carbonyl (C=O) groups is 1. The van der Waals surface area contributed by atoms with Crippen molar-refractivity contribution in [3.8, 4) is 17.2 Å². The molecule has 0 spiro atoms. The highest BCUT2D eigenvalue weighted by Crippen LogP contribution is 2.32. The summed E-state index contributed by atoms with van der Waals surface area (Å²) in [6.07, 6.45) is 0. The Balaban J connectivity index is 1.35. The van der Waals surface area contributed by atoms with E-state index in [4.69, 9.17) is 18.6 Å². The van der Waals surface area contributed by atoms with Crippen LogP contribution in [0.25, 0.3) is 11.0 Å². The molecule has 0 bridgehead atoms. The number of ether oxygens (including phenoxy) is 3. The number of fused-ring (bicyclic) bond motifs is 2. The number of carbonyl (C=O) groups excluding carboxylic acids is 1. The van der Waals surface area contributed by atoms with Gasteiger partial charge in [0.2, 0.25) is 6.79 Å². The second kappa shape index (κ2) is 7.03. The highest BCUT2D eigenvalue weighted by molar-refractivity contribution is 5.81. The van der Waals surface area contributed by atoms with Crippen molar-refractivity contribution in [3.63, 3.8) is 0 Å². The quantitative estimate of drug-likeness (QED) is 0.698. The van der Waals surface area contributed by atoms with Gasteiger partial charge in [-0.3, -0.25) is 4.79 Å². The zero-order chi connectivity index (χ0) is 18.8. The lowest BCUT2D eigenvalue weighted by Crippen LogP contribution is -2.28. The molecule has 138 valence electrons. The summed E-state index contributed by atoms with van der Waals surface area (Å²) in [5, 5.41) is 3.61. The van der Waals surface area contributed by atoms with Crippen molar-refractivity contribution in [3.05, 3.63) is 64.0 Å². The fraction of sp³-hybridized carbons (Fsp3) is 0.200. The van der Waals surface area contributed by atoms with Crippen LogP contribution in [0.15, 0.2) is 51.7 Å². The smallest absolute Gasteiger partial charge is 0.336 e. The maximum Gasteiger partial charge on any atom is 0.336 e. The number of benzene rings is 2.